The highest BCUT2D eigenvalue weighted by Crippen LogP contribution is 1.93. The largest absolute Gasteiger partial charge is 0.355 e. The average molecular weight is 211 g/mol. The summed E-state index contributed by atoms with van der Waals surface area (Å²) < 4.78 is 0. The third kappa shape index (κ3) is 3.04. The molecule has 0 saturated heterocycles. The van der Waals surface area contributed by atoms with Crippen molar-refractivity contribution in [2.45, 2.75) is 6.92 Å². The fraction of sp³-hybridized carbons (Fsp3) is 0.500. The van der Waals surface area contributed by atoms with Gasteiger partial charge in [0.1, 0.15) is 6.33 Å². The Morgan fingerprint density at radius 1 is 1.60 bits per heavy atom. The van der Waals surface area contributed by atoms with Crippen LogP contribution in [0.5, 0.6) is 0 Å². The van der Waals surface area contributed by atoms with E-state index in [-0.39, 0.29) is 24.2 Å². The minimum Gasteiger partial charge on any atom is -0.355 e. The van der Waals surface area contributed by atoms with E-state index in [0.717, 1.165) is 0 Å². The lowest BCUT2D eigenvalue weighted by Gasteiger charge is -2.14. The van der Waals surface area contributed by atoms with Crippen LogP contribution in [0, 0.1) is 0 Å². The molecule has 2 amide bonds. The van der Waals surface area contributed by atoms with Crippen LogP contribution in [0.2, 0.25) is 0 Å². The minimum absolute atomic E-state index is 0.00731. The number of hydrogen-bond donors (Lipinski definition) is 2. The van der Waals surface area contributed by atoms with Gasteiger partial charge in [-0.1, -0.05) is 0 Å². The summed E-state index contributed by atoms with van der Waals surface area (Å²) in [6.45, 7) is 2.37. The molecular weight excluding hydrogens is 198 g/mol. The minimum atomic E-state index is -0.362. The van der Waals surface area contributed by atoms with Gasteiger partial charge in [0.2, 0.25) is 11.7 Å². The van der Waals surface area contributed by atoms with Crippen LogP contribution in [-0.4, -0.2) is 52.0 Å². The summed E-state index contributed by atoms with van der Waals surface area (Å²) in [7, 11) is 1.53. The second-order valence-electron chi connectivity index (χ2n) is 2.95. The third-order valence-electron chi connectivity index (χ3n) is 1.72. The first-order valence-corrected chi connectivity index (χ1v) is 4.52. The Morgan fingerprint density at radius 2 is 2.33 bits per heavy atom. The first kappa shape index (κ1) is 11.2. The van der Waals surface area contributed by atoms with Crippen molar-refractivity contribution in [1.29, 1.82) is 0 Å². The average Bonchev–Trinajstić information content (AvgIpc) is 2.69. The molecule has 0 atom stereocenters. The first-order valence-electron chi connectivity index (χ1n) is 4.52. The van der Waals surface area contributed by atoms with Gasteiger partial charge in [-0.25, -0.2) is 4.98 Å². The Kier molecular flexibility index (Phi) is 3.78. The zero-order chi connectivity index (χ0) is 11.3. The molecule has 15 heavy (non-hydrogen) atoms. The van der Waals surface area contributed by atoms with Gasteiger partial charge in [-0.3, -0.25) is 14.7 Å². The van der Waals surface area contributed by atoms with Crippen molar-refractivity contribution in [2.75, 3.05) is 20.1 Å². The topological polar surface area (TPSA) is 91.0 Å². The Bertz CT molecular complexity index is 335. The number of amides is 2. The smallest absolute Gasteiger partial charge is 0.291 e. The van der Waals surface area contributed by atoms with Crippen molar-refractivity contribution in [3.05, 3.63) is 12.2 Å². The molecule has 0 radical (unpaired) electrons. The highest BCUT2D eigenvalue weighted by Gasteiger charge is 2.16. The van der Waals surface area contributed by atoms with E-state index in [2.05, 4.69) is 20.5 Å². The van der Waals surface area contributed by atoms with Crippen LogP contribution >= 0.6 is 0 Å². The second kappa shape index (κ2) is 5.08. The molecule has 7 nitrogen and oxygen atoms in total. The van der Waals surface area contributed by atoms with Gasteiger partial charge in [0.05, 0.1) is 6.54 Å². The van der Waals surface area contributed by atoms with E-state index < -0.39 is 0 Å². The zero-order valence-corrected chi connectivity index (χ0v) is 8.65. The van der Waals surface area contributed by atoms with Crippen molar-refractivity contribution in [3.63, 3.8) is 0 Å². The van der Waals surface area contributed by atoms with Crippen LogP contribution in [0.25, 0.3) is 0 Å². The van der Waals surface area contributed by atoms with Crippen LogP contribution in [0.4, 0.5) is 0 Å². The molecule has 0 saturated carbocycles. The number of carbonyl (C=O) groups is 2. The highest BCUT2D eigenvalue weighted by molar-refractivity contribution is 5.93. The molecule has 0 bridgehead atoms. The lowest BCUT2D eigenvalue weighted by molar-refractivity contribution is -0.121. The number of carbonyl (C=O) groups excluding carboxylic acids is 2. The molecule has 0 aliphatic carbocycles. The van der Waals surface area contributed by atoms with Gasteiger partial charge in [0.15, 0.2) is 0 Å². The maximum atomic E-state index is 11.6. The van der Waals surface area contributed by atoms with Gasteiger partial charge in [-0.2, -0.15) is 5.10 Å². The van der Waals surface area contributed by atoms with Gasteiger partial charge in [0.25, 0.3) is 5.91 Å². The van der Waals surface area contributed by atoms with Crippen LogP contribution in [-0.2, 0) is 4.79 Å². The lowest BCUT2D eigenvalue weighted by atomic mass is 10.4. The fourth-order valence-corrected chi connectivity index (χ4v) is 1.03. The summed E-state index contributed by atoms with van der Waals surface area (Å²) in [6, 6.07) is 0. The SMILES string of the molecule is CCNC(=O)CN(C)C(=O)c1ncn[nH]1. The van der Waals surface area contributed by atoms with Gasteiger partial charge >= 0.3 is 0 Å². The molecular formula is C8H13N5O2. The molecule has 1 aromatic heterocycles. The van der Waals surface area contributed by atoms with E-state index in [9.17, 15) is 9.59 Å². The number of likely N-dealkylation sites (N-methyl/N-ethyl adjacent to an activating group) is 2. The molecule has 1 aromatic rings. The summed E-state index contributed by atoms with van der Waals surface area (Å²) in [5.74, 6) is -0.437. The second-order valence-corrected chi connectivity index (χ2v) is 2.95. The third-order valence-corrected chi connectivity index (χ3v) is 1.72. The molecule has 2 N–H and O–H groups in total. The van der Waals surface area contributed by atoms with Crippen molar-refractivity contribution >= 4 is 11.8 Å². The standard InChI is InChI=1S/C8H13N5O2/c1-3-9-6(14)4-13(2)8(15)7-10-5-11-12-7/h5H,3-4H2,1-2H3,(H,9,14)(H,10,11,12). The van der Waals surface area contributed by atoms with Crippen molar-refractivity contribution in [3.8, 4) is 0 Å². The van der Waals surface area contributed by atoms with Crippen LogP contribution in [0.3, 0.4) is 0 Å². The number of rotatable bonds is 4. The van der Waals surface area contributed by atoms with Crippen LogP contribution in [0.1, 0.15) is 17.5 Å². The van der Waals surface area contributed by atoms with E-state index in [1.54, 1.807) is 0 Å². The predicted molar refractivity (Wildman–Crippen MR) is 52.0 cm³/mol. The molecule has 1 rings (SSSR count). The summed E-state index contributed by atoms with van der Waals surface area (Å²) in [6.07, 6.45) is 1.24. The van der Waals surface area contributed by atoms with Crippen LogP contribution in [0.15, 0.2) is 6.33 Å². The lowest BCUT2D eigenvalue weighted by Crippen LogP contribution is -2.38. The molecule has 0 unspecified atom stereocenters. The number of nitrogens with zero attached hydrogens (tertiary/aromatic N) is 3. The number of aromatic amines is 1. The summed E-state index contributed by atoms with van der Waals surface area (Å²) in [4.78, 5) is 27.7. The van der Waals surface area contributed by atoms with E-state index in [0.29, 0.717) is 6.54 Å². The number of H-pyrrole nitrogens is 1. The van der Waals surface area contributed by atoms with E-state index in [1.165, 1.54) is 18.3 Å². The van der Waals surface area contributed by atoms with Gasteiger partial charge in [-0.15, -0.1) is 0 Å². The van der Waals surface area contributed by atoms with Crippen molar-refractivity contribution in [1.82, 2.24) is 25.4 Å². The monoisotopic (exact) mass is 211 g/mol. The molecule has 0 aliphatic rings. The van der Waals surface area contributed by atoms with E-state index in [1.807, 2.05) is 6.92 Å². The normalized spacial score (nSPS) is 9.73. The Morgan fingerprint density at radius 3 is 2.87 bits per heavy atom. The molecule has 0 aliphatic heterocycles. The number of aromatic nitrogens is 3. The van der Waals surface area contributed by atoms with Crippen LogP contribution < -0.4 is 5.32 Å². The summed E-state index contributed by atoms with van der Waals surface area (Å²) in [5.41, 5.74) is 0. The number of hydrogen-bond acceptors (Lipinski definition) is 4. The van der Waals surface area contributed by atoms with Gasteiger partial charge in [0, 0.05) is 13.6 Å². The molecule has 0 fully saturated rings. The molecule has 7 heteroatoms. The maximum absolute atomic E-state index is 11.6. The Hall–Kier alpha value is -1.92. The van der Waals surface area contributed by atoms with E-state index >= 15 is 0 Å². The molecule has 0 aromatic carbocycles. The number of nitrogens with one attached hydrogen (secondary N) is 2. The van der Waals surface area contributed by atoms with Crippen molar-refractivity contribution in [2.24, 2.45) is 0 Å². The Balaban J connectivity index is 2.51. The summed E-state index contributed by atoms with van der Waals surface area (Å²) in [5, 5.41) is 8.59. The summed E-state index contributed by atoms with van der Waals surface area (Å²) >= 11 is 0. The van der Waals surface area contributed by atoms with E-state index in [4.69, 9.17) is 0 Å². The molecule has 1 heterocycles. The van der Waals surface area contributed by atoms with Gasteiger partial charge < -0.3 is 10.2 Å². The quantitative estimate of drug-likeness (QED) is 0.669. The fourth-order valence-electron chi connectivity index (χ4n) is 1.03. The van der Waals surface area contributed by atoms with Gasteiger partial charge in [-0.05, 0) is 6.92 Å². The zero-order valence-electron chi connectivity index (χ0n) is 8.65. The molecule has 0 spiro atoms. The van der Waals surface area contributed by atoms with Crippen molar-refractivity contribution < 1.29 is 9.59 Å². The maximum Gasteiger partial charge on any atom is 0.291 e. The first-order chi connectivity index (χ1) is 7.15. The Labute approximate surface area is 86.9 Å². The predicted octanol–water partition coefficient (Wildman–Crippen LogP) is -0.987. The molecule has 82 valence electrons. The highest BCUT2D eigenvalue weighted by atomic mass is 16.2.